The van der Waals surface area contributed by atoms with Gasteiger partial charge < -0.3 is 10.6 Å². The number of benzene rings is 1. The number of nitrogens with one attached hydrogen (secondary N) is 2. The van der Waals surface area contributed by atoms with Crippen LogP contribution >= 0.6 is 0 Å². The lowest BCUT2D eigenvalue weighted by Crippen LogP contribution is -2.13. The summed E-state index contributed by atoms with van der Waals surface area (Å²) in [6.07, 6.45) is 4.01. The summed E-state index contributed by atoms with van der Waals surface area (Å²) >= 11 is 0. The zero-order valence-electron chi connectivity index (χ0n) is 14.2. The van der Waals surface area contributed by atoms with E-state index < -0.39 is 0 Å². The molecule has 0 saturated carbocycles. The van der Waals surface area contributed by atoms with Gasteiger partial charge in [0.2, 0.25) is 5.91 Å². The molecule has 0 unspecified atom stereocenters. The molecular weight excluding hydrogens is 316 g/mol. The van der Waals surface area contributed by atoms with Gasteiger partial charge in [-0.15, -0.1) is 10.2 Å². The minimum absolute atomic E-state index is 0.0239. The number of hydrogen-bond acceptors (Lipinski definition) is 5. The van der Waals surface area contributed by atoms with Crippen molar-refractivity contribution >= 4 is 23.1 Å². The summed E-state index contributed by atoms with van der Waals surface area (Å²) in [5.41, 5.74) is 1.64. The van der Waals surface area contributed by atoms with Crippen LogP contribution in [-0.2, 0) is 4.79 Å². The van der Waals surface area contributed by atoms with Crippen molar-refractivity contribution in [1.29, 1.82) is 0 Å². The Morgan fingerprint density at radius 2 is 1.84 bits per heavy atom. The second kappa shape index (κ2) is 7.57. The predicted octanol–water partition coefficient (Wildman–Crippen LogP) is 3.39. The number of rotatable bonds is 6. The van der Waals surface area contributed by atoms with Gasteiger partial charge in [-0.1, -0.05) is 13.8 Å². The Labute approximate surface area is 146 Å². The van der Waals surface area contributed by atoms with Crippen LogP contribution in [0, 0.1) is 5.92 Å². The van der Waals surface area contributed by atoms with Gasteiger partial charge >= 0.3 is 0 Å². The van der Waals surface area contributed by atoms with E-state index in [1.54, 1.807) is 10.9 Å². The van der Waals surface area contributed by atoms with E-state index in [0.29, 0.717) is 24.0 Å². The van der Waals surface area contributed by atoms with Crippen molar-refractivity contribution in [3.63, 3.8) is 0 Å². The van der Waals surface area contributed by atoms with E-state index in [1.807, 2.05) is 62.5 Å². The summed E-state index contributed by atoms with van der Waals surface area (Å²) in [6.45, 7) is 4.04. The first-order chi connectivity index (χ1) is 12.1. The van der Waals surface area contributed by atoms with Crippen LogP contribution < -0.4 is 10.6 Å². The summed E-state index contributed by atoms with van der Waals surface area (Å²) in [6, 6.07) is 13.0. The van der Waals surface area contributed by atoms with Gasteiger partial charge in [0.25, 0.3) is 0 Å². The summed E-state index contributed by atoms with van der Waals surface area (Å²) in [4.78, 5) is 11.8. The van der Waals surface area contributed by atoms with Crippen molar-refractivity contribution < 1.29 is 4.79 Å². The van der Waals surface area contributed by atoms with E-state index in [2.05, 4.69) is 25.9 Å². The van der Waals surface area contributed by atoms with E-state index in [1.165, 1.54) is 0 Å². The molecule has 2 N–H and O–H groups in total. The highest BCUT2D eigenvalue weighted by Crippen LogP contribution is 2.18. The quantitative estimate of drug-likeness (QED) is 0.721. The molecule has 7 nitrogen and oxygen atoms in total. The molecule has 0 saturated heterocycles. The Morgan fingerprint density at radius 1 is 1.08 bits per heavy atom. The van der Waals surface area contributed by atoms with Crippen LogP contribution in [0.5, 0.6) is 0 Å². The van der Waals surface area contributed by atoms with E-state index in [9.17, 15) is 4.79 Å². The molecule has 1 amide bonds. The first kappa shape index (κ1) is 16.6. The number of carbonyl (C=O) groups is 1. The molecule has 7 heteroatoms. The van der Waals surface area contributed by atoms with Crippen LogP contribution in [-0.4, -0.2) is 25.9 Å². The molecule has 0 radical (unpaired) electrons. The van der Waals surface area contributed by atoms with E-state index >= 15 is 0 Å². The lowest BCUT2D eigenvalue weighted by Gasteiger charge is -2.09. The molecule has 0 aliphatic rings. The summed E-state index contributed by atoms with van der Waals surface area (Å²) < 4.78 is 1.64. The first-order valence-corrected chi connectivity index (χ1v) is 8.11. The molecule has 0 atom stereocenters. The molecule has 0 bridgehead atoms. The number of anilines is 3. The van der Waals surface area contributed by atoms with Crippen molar-refractivity contribution in [2.45, 2.75) is 20.3 Å². The molecule has 25 heavy (non-hydrogen) atoms. The average molecular weight is 336 g/mol. The minimum Gasteiger partial charge on any atom is -0.339 e. The van der Waals surface area contributed by atoms with E-state index in [4.69, 9.17) is 0 Å². The van der Waals surface area contributed by atoms with E-state index in [0.717, 1.165) is 11.4 Å². The highest BCUT2D eigenvalue weighted by Gasteiger charge is 2.05. The van der Waals surface area contributed by atoms with Gasteiger partial charge in [0, 0.05) is 30.2 Å². The maximum absolute atomic E-state index is 11.8. The number of nitrogens with zero attached hydrogens (tertiary/aromatic N) is 4. The Morgan fingerprint density at radius 3 is 2.44 bits per heavy atom. The topological polar surface area (TPSA) is 84.7 Å². The second-order valence-corrected chi connectivity index (χ2v) is 6.08. The van der Waals surface area contributed by atoms with Crippen molar-refractivity contribution in [3.8, 4) is 5.82 Å². The smallest absolute Gasteiger partial charge is 0.224 e. The fourth-order valence-corrected chi connectivity index (χ4v) is 2.29. The van der Waals surface area contributed by atoms with Crippen LogP contribution in [0.15, 0.2) is 54.9 Å². The number of hydrogen-bond donors (Lipinski definition) is 2. The Hall–Kier alpha value is -3.22. The van der Waals surface area contributed by atoms with Crippen LogP contribution in [0.4, 0.5) is 17.2 Å². The minimum atomic E-state index is 0.0239. The zero-order valence-corrected chi connectivity index (χ0v) is 14.2. The molecular formula is C18H20N6O. The second-order valence-electron chi connectivity index (χ2n) is 6.08. The highest BCUT2D eigenvalue weighted by atomic mass is 16.1. The maximum Gasteiger partial charge on any atom is 0.224 e. The summed E-state index contributed by atoms with van der Waals surface area (Å²) in [5, 5.41) is 18.4. The Bertz CT molecular complexity index is 810. The summed E-state index contributed by atoms with van der Waals surface area (Å²) in [7, 11) is 0. The van der Waals surface area contributed by atoms with E-state index in [-0.39, 0.29) is 5.91 Å². The van der Waals surface area contributed by atoms with Crippen LogP contribution in [0.1, 0.15) is 20.3 Å². The highest BCUT2D eigenvalue weighted by molar-refractivity contribution is 5.91. The Balaban J connectivity index is 1.60. The molecule has 2 heterocycles. The van der Waals surface area contributed by atoms with Crippen LogP contribution in [0.25, 0.3) is 5.82 Å². The molecule has 3 rings (SSSR count). The van der Waals surface area contributed by atoms with Gasteiger partial charge in [-0.05, 0) is 48.4 Å². The van der Waals surface area contributed by atoms with Crippen molar-refractivity contribution in [3.05, 3.63) is 54.9 Å². The number of aromatic nitrogens is 4. The van der Waals surface area contributed by atoms with Crippen molar-refractivity contribution in [2.75, 3.05) is 10.6 Å². The third-order valence-corrected chi connectivity index (χ3v) is 3.42. The molecule has 1 aromatic carbocycles. The molecule has 0 aliphatic carbocycles. The van der Waals surface area contributed by atoms with Crippen LogP contribution in [0.3, 0.4) is 0 Å². The maximum atomic E-state index is 11.8. The molecule has 2 aromatic heterocycles. The van der Waals surface area contributed by atoms with Crippen LogP contribution in [0.2, 0.25) is 0 Å². The van der Waals surface area contributed by atoms with Crippen molar-refractivity contribution in [1.82, 2.24) is 20.0 Å². The molecule has 0 aliphatic heterocycles. The third-order valence-electron chi connectivity index (χ3n) is 3.42. The van der Waals surface area contributed by atoms with Crippen molar-refractivity contribution in [2.24, 2.45) is 5.92 Å². The van der Waals surface area contributed by atoms with Gasteiger partial charge in [-0.2, -0.15) is 5.10 Å². The zero-order chi connectivity index (χ0) is 17.6. The fourth-order valence-electron chi connectivity index (χ4n) is 2.29. The monoisotopic (exact) mass is 336 g/mol. The average Bonchev–Trinajstić information content (AvgIpc) is 3.11. The largest absolute Gasteiger partial charge is 0.339 e. The first-order valence-electron chi connectivity index (χ1n) is 8.11. The molecule has 0 fully saturated rings. The predicted molar refractivity (Wildman–Crippen MR) is 97.0 cm³/mol. The standard InChI is InChI=1S/C18H20N6O/c1-13(2)12-18(25)21-15-6-4-14(5-7-15)20-16-8-9-17(23-22-16)24-11-3-10-19-24/h3-11,13H,12H2,1-2H3,(H,20,22)(H,21,25). The van der Waals surface area contributed by atoms with Gasteiger partial charge in [0.15, 0.2) is 11.6 Å². The molecule has 3 aromatic rings. The fraction of sp³-hybridized carbons (Fsp3) is 0.222. The number of amides is 1. The van der Waals surface area contributed by atoms with Gasteiger partial charge in [0.1, 0.15) is 0 Å². The molecule has 0 spiro atoms. The third kappa shape index (κ3) is 4.63. The Kier molecular flexibility index (Phi) is 5.03. The van der Waals surface area contributed by atoms with Gasteiger partial charge in [-0.3, -0.25) is 4.79 Å². The normalized spacial score (nSPS) is 10.7. The lowest BCUT2D eigenvalue weighted by atomic mass is 10.1. The van der Waals surface area contributed by atoms with Gasteiger partial charge in [0.05, 0.1) is 0 Å². The SMILES string of the molecule is CC(C)CC(=O)Nc1ccc(Nc2ccc(-n3cccn3)nn2)cc1. The number of carbonyl (C=O) groups excluding carboxylic acids is 1. The lowest BCUT2D eigenvalue weighted by molar-refractivity contribution is -0.116. The summed E-state index contributed by atoms with van der Waals surface area (Å²) in [5.74, 6) is 1.64. The van der Waals surface area contributed by atoms with Gasteiger partial charge in [-0.25, -0.2) is 4.68 Å². The molecule has 128 valence electrons.